The highest BCUT2D eigenvalue weighted by molar-refractivity contribution is 9.10. The summed E-state index contributed by atoms with van der Waals surface area (Å²) in [6.45, 7) is 2.01. The van der Waals surface area contributed by atoms with Gasteiger partial charge in [-0.05, 0) is 47.0 Å². The molecule has 0 bridgehead atoms. The van der Waals surface area contributed by atoms with Gasteiger partial charge < -0.3 is 10.1 Å². The van der Waals surface area contributed by atoms with Gasteiger partial charge in [0.1, 0.15) is 10.9 Å². The summed E-state index contributed by atoms with van der Waals surface area (Å²) in [6.07, 6.45) is 4.69. The number of fused-ring (bicyclic) bond motifs is 1. The molecule has 2 heterocycles. The van der Waals surface area contributed by atoms with Gasteiger partial charge in [0.2, 0.25) is 0 Å². The molecule has 0 amide bonds. The van der Waals surface area contributed by atoms with Crippen LogP contribution in [0.5, 0.6) is 0 Å². The van der Waals surface area contributed by atoms with Gasteiger partial charge in [0.15, 0.2) is 0 Å². The molecule has 0 fully saturated rings. The van der Waals surface area contributed by atoms with Crippen molar-refractivity contribution in [3.05, 3.63) is 34.8 Å². The van der Waals surface area contributed by atoms with Crippen molar-refractivity contribution < 1.29 is 0 Å². The third-order valence-electron chi connectivity index (χ3n) is 2.11. The Bertz CT molecular complexity index is 448. The van der Waals surface area contributed by atoms with Crippen LogP contribution in [0.2, 0.25) is 0 Å². The first-order chi connectivity index (χ1) is 6.66. The van der Waals surface area contributed by atoms with Crippen molar-refractivity contribution in [2.75, 3.05) is 0 Å². The molecule has 0 aliphatic rings. The number of pyridine rings is 1. The second-order valence-electron chi connectivity index (χ2n) is 3.54. The Labute approximate surface area is 91.1 Å². The van der Waals surface area contributed by atoms with Crippen molar-refractivity contribution in [3.8, 4) is 0 Å². The Balaban J connectivity index is 2.44. The van der Waals surface area contributed by atoms with E-state index in [1.807, 2.05) is 17.5 Å². The highest BCUT2D eigenvalue weighted by Crippen LogP contribution is 2.17. The van der Waals surface area contributed by atoms with Gasteiger partial charge in [-0.3, -0.25) is 0 Å². The lowest BCUT2D eigenvalue weighted by molar-refractivity contribution is 0.737. The largest absolute Gasteiger partial charge is 0.328 e. The fourth-order valence-electron chi connectivity index (χ4n) is 1.50. The van der Waals surface area contributed by atoms with E-state index in [1.54, 1.807) is 6.33 Å². The summed E-state index contributed by atoms with van der Waals surface area (Å²) in [5.41, 5.74) is 8.08. The second-order valence-corrected chi connectivity index (χ2v) is 4.30. The van der Waals surface area contributed by atoms with E-state index in [-0.39, 0.29) is 6.04 Å². The summed E-state index contributed by atoms with van der Waals surface area (Å²) in [5, 5.41) is 0. The minimum absolute atomic E-state index is 0.194. The van der Waals surface area contributed by atoms with Crippen molar-refractivity contribution in [1.82, 2.24) is 9.38 Å². The molecule has 0 aromatic carbocycles. The van der Waals surface area contributed by atoms with Crippen molar-refractivity contribution in [2.24, 2.45) is 5.73 Å². The molecule has 0 aliphatic heterocycles. The number of nitrogens with two attached hydrogens (primary N) is 1. The number of rotatable bonds is 2. The summed E-state index contributed by atoms with van der Waals surface area (Å²) < 4.78 is 2.86. The summed E-state index contributed by atoms with van der Waals surface area (Å²) in [7, 11) is 0. The van der Waals surface area contributed by atoms with E-state index in [4.69, 9.17) is 5.73 Å². The number of halogens is 1. The maximum atomic E-state index is 5.75. The molecule has 3 nitrogen and oxygen atoms in total. The third kappa shape index (κ3) is 1.81. The lowest BCUT2D eigenvalue weighted by Gasteiger charge is -2.05. The molecular weight excluding hydrogens is 242 g/mol. The predicted molar refractivity (Wildman–Crippen MR) is 60.2 cm³/mol. The van der Waals surface area contributed by atoms with Crippen molar-refractivity contribution in [2.45, 2.75) is 19.4 Å². The molecule has 1 atom stereocenters. The van der Waals surface area contributed by atoms with Crippen molar-refractivity contribution in [1.29, 1.82) is 0 Å². The van der Waals surface area contributed by atoms with E-state index < -0.39 is 0 Å². The Kier molecular flexibility index (Phi) is 2.56. The maximum absolute atomic E-state index is 5.75. The lowest BCUT2D eigenvalue weighted by atomic mass is 10.1. The topological polar surface area (TPSA) is 43.3 Å². The zero-order valence-corrected chi connectivity index (χ0v) is 9.53. The minimum Gasteiger partial charge on any atom is -0.328 e. The zero-order chi connectivity index (χ0) is 10.1. The first-order valence-corrected chi connectivity index (χ1v) is 5.33. The summed E-state index contributed by atoms with van der Waals surface area (Å²) in [4.78, 5) is 4.16. The van der Waals surface area contributed by atoms with Crippen LogP contribution in [0.4, 0.5) is 0 Å². The van der Waals surface area contributed by atoms with Gasteiger partial charge in [-0.1, -0.05) is 0 Å². The lowest BCUT2D eigenvalue weighted by Crippen LogP contribution is -2.17. The van der Waals surface area contributed by atoms with Crippen LogP contribution in [0.1, 0.15) is 12.5 Å². The SMILES string of the molecule is CC(N)Cc1ccn2cnc(Br)c2c1. The Hall–Kier alpha value is -0.870. The van der Waals surface area contributed by atoms with Crippen LogP contribution >= 0.6 is 15.9 Å². The monoisotopic (exact) mass is 253 g/mol. The van der Waals surface area contributed by atoms with E-state index in [2.05, 4.69) is 33.0 Å². The number of aromatic nitrogens is 2. The Morgan fingerprint density at radius 2 is 2.43 bits per heavy atom. The fourth-order valence-corrected chi connectivity index (χ4v) is 1.91. The zero-order valence-electron chi connectivity index (χ0n) is 7.94. The van der Waals surface area contributed by atoms with E-state index >= 15 is 0 Å². The van der Waals surface area contributed by atoms with E-state index in [0.717, 1.165) is 16.5 Å². The second kappa shape index (κ2) is 3.71. The molecule has 0 spiro atoms. The number of hydrogen-bond acceptors (Lipinski definition) is 2. The van der Waals surface area contributed by atoms with Gasteiger partial charge in [-0.15, -0.1) is 0 Å². The minimum atomic E-state index is 0.194. The van der Waals surface area contributed by atoms with Crippen molar-refractivity contribution in [3.63, 3.8) is 0 Å². The summed E-state index contributed by atoms with van der Waals surface area (Å²) >= 11 is 3.40. The fraction of sp³-hybridized carbons (Fsp3) is 0.300. The van der Waals surface area contributed by atoms with Crippen LogP contribution in [0.25, 0.3) is 5.52 Å². The van der Waals surface area contributed by atoms with E-state index in [0.29, 0.717) is 0 Å². The van der Waals surface area contributed by atoms with Crippen LogP contribution in [-0.4, -0.2) is 15.4 Å². The quantitative estimate of drug-likeness (QED) is 0.890. The number of imidazole rings is 1. The normalized spacial score (nSPS) is 13.4. The molecule has 2 rings (SSSR count). The summed E-state index contributed by atoms with van der Waals surface area (Å²) in [6, 6.07) is 4.38. The molecule has 2 aromatic heterocycles. The molecule has 2 N–H and O–H groups in total. The smallest absolute Gasteiger partial charge is 0.131 e. The van der Waals surface area contributed by atoms with Crippen LogP contribution < -0.4 is 5.73 Å². The van der Waals surface area contributed by atoms with Gasteiger partial charge in [-0.25, -0.2) is 4.98 Å². The molecule has 4 heteroatoms. The van der Waals surface area contributed by atoms with Crippen LogP contribution in [0, 0.1) is 0 Å². The van der Waals surface area contributed by atoms with Crippen LogP contribution in [0.3, 0.4) is 0 Å². The number of hydrogen-bond donors (Lipinski definition) is 1. The Morgan fingerprint density at radius 3 is 3.14 bits per heavy atom. The molecule has 74 valence electrons. The molecule has 0 saturated carbocycles. The van der Waals surface area contributed by atoms with Crippen LogP contribution in [0.15, 0.2) is 29.3 Å². The first-order valence-electron chi connectivity index (χ1n) is 4.53. The highest BCUT2D eigenvalue weighted by atomic mass is 79.9. The predicted octanol–water partition coefficient (Wildman–Crippen LogP) is 1.99. The average Bonchev–Trinajstić information content (AvgIpc) is 2.47. The number of nitrogens with zero attached hydrogens (tertiary/aromatic N) is 2. The average molecular weight is 254 g/mol. The van der Waals surface area contributed by atoms with Gasteiger partial charge in [0, 0.05) is 12.2 Å². The van der Waals surface area contributed by atoms with Gasteiger partial charge in [-0.2, -0.15) is 0 Å². The highest BCUT2D eigenvalue weighted by Gasteiger charge is 2.03. The van der Waals surface area contributed by atoms with Gasteiger partial charge >= 0.3 is 0 Å². The van der Waals surface area contributed by atoms with Gasteiger partial charge in [0.25, 0.3) is 0 Å². The molecule has 0 saturated heterocycles. The molecule has 2 aromatic rings. The van der Waals surface area contributed by atoms with Gasteiger partial charge in [0.05, 0.1) is 5.52 Å². The third-order valence-corrected chi connectivity index (χ3v) is 2.73. The standard InChI is InChI=1S/C10H12BrN3/c1-7(12)4-8-2-3-14-6-13-10(11)9(14)5-8/h2-3,5-7H,4,12H2,1H3. The van der Waals surface area contributed by atoms with Crippen molar-refractivity contribution >= 4 is 21.4 Å². The van der Waals surface area contributed by atoms with E-state index in [9.17, 15) is 0 Å². The molecule has 0 aliphatic carbocycles. The molecule has 1 unspecified atom stereocenters. The van der Waals surface area contributed by atoms with Crippen LogP contribution in [-0.2, 0) is 6.42 Å². The summed E-state index contributed by atoms with van der Waals surface area (Å²) in [5.74, 6) is 0. The maximum Gasteiger partial charge on any atom is 0.131 e. The van der Waals surface area contributed by atoms with E-state index in [1.165, 1.54) is 5.56 Å². The first kappa shape index (κ1) is 9.68. The molecular formula is C10H12BrN3. The Morgan fingerprint density at radius 1 is 1.64 bits per heavy atom. The molecule has 0 radical (unpaired) electrons. The molecule has 14 heavy (non-hydrogen) atoms.